The second-order valence-corrected chi connectivity index (χ2v) is 11.7. The van der Waals surface area contributed by atoms with Gasteiger partial charge in [-0.3, -0.25) is 0 Å². The summed E-state index contributed by atoms with van der Waals surface area (Å²) in [5.41, 5.74) is 9.03. The molecule has 0 saturated heterocycles. The standard InChI is InChI=1S/C43H27N3O/c1-3-11-28(12-4-1)32-22-21-29-15-10-19-37(38(29)26-32)43-45-41(30-13-5-2-6-14-30)44-42(46-43)34-17-9-16-31(25-34)33-23-24-36-35-18-7-8-20-39(35)47-40(36)27-33/h1-27H. The van der Waals surface area contributed by atoms with Crippen LogP contribution in [0.2, 0.25) is 0 Å². The van der Waals surface area contributed by atoms with Crippen molar-refractivity contribution in [3.05, 3.63) is 164 Å². The fourth-order valence-electron chi connectivity index (χ4n) is 6.36. The molecular formula is C43H27N3O. The van der Waals surface area contributed by atoms with Crippen LogP contribution in [0.15, 0.2) is 168 Å². The summed E-state index contributed by atoms with van der Waals surface area (Å²) in [5, 5.41) is 4.46. The van der Waals surface area contributed by atoms with Crippen molar-refractivity contribution in [2.24, 2.45) is 0 Å². The number of benzene rings is 7. The molecule has 0 spiro atoms. The lowest BCUT2D eigenvalue weighted by molar-refractivity contribution is 0.669. The molecule has 220 valence electrons. The quantitative estimate of drug-likeness (QED) is 0.197. The number of furan rings is 1. The number of para-hydroxylation sites is 1. The molecule has 9 rings (SSSR count). The van der Waals surface area contributed by atoms with Crippen LogP contribution in [0.3, 0.4) is 0 Å². The summed E-state index contributed by atoms with van der Waals surface area (Å²) in [6.45, 7) is 0. The van der Waals surface area contributed by atoms with Crippen molar-refractivity contribution >= 4 is 32.7 Å². The summed E-state index contributed by atoms with van der Waals surface area (Å²) < 4.78 is 6.20. The van der Waals surface area contributed by atoms with Crippen LogP contribution in [0.5, 0.6) is 0 Å². The highest BCUT2D eigenvalue weighted by Crippen LogP contribution is 2.35. The monoisotopic (exact) mass is 601 g/mol. The van der Waals surface area contributed by atoms with Gasteiger partial charge >= 0.3 is 0 Å². The van der Waals surface area contributed by atoms with E-state index in [1.165, 1.54) is 5.56 Å². The Kier molecular flexibility index (Phi) is 6.43. The van der Waals surface area contributed by atoms with Crippen LogP contribution >= 0.6 is 0 Å². The Labute approximate surface area is 271 Å². The van der Waals surface area contributed by atoms with Crippen LogP contribution in [0, 0.1) is 0 Å². The molecule has 47 heavy (non-hydrogen) atoms. The van der Waals surface area contributed by atoms with Crippen molar-refractivity contribution < 1.29 is 4.42 Å². The van der Waals surface area contributed by atoms with Crippen molar-refractivity contribution in [3.63, 3.8) is 0 Å². The molecule has 0 amide bonds. The maximum Gasteiger partial charge on any atom is 0.164 e. The summed E-state index contributed by atoms with van der Waals surface area (Å²) in [5.74, 6) is 1.89. The Morgan fingerprint density at radius 2 is 0.915 bits per heavy atom. The van der Waals surface area contributed by atoms with Crippen molar-refractivity contribution in [1.82, 2.24) is 15.0 Å². The number of nitrogens with zero attached hydrogens (tertiary/aromatic N) is 3. The average molecular weight is 602 g/mol. The lowest BCUT2D eigenvalue weighted by Gasteiger charge is -2.12. The van der Waals surface area contributed by atoms with Gasteiger partial charge < -0.3 is 4.42 Å². The van der Waals surface area contributed by atoms with Gasteiger partial charge in [0.05, 0.1) is 0 Å². The normalized spacial score (nSPS) is 11.4. The second kappa shape index (κ2) is 11.2. The van der Waals surface area contributed by atoms with Crippen LogP contribution < -0.4 is 0 Å². The molecule has 0 N–H and O–H groups in total. The highest BCUT2D eigenvalue weighted by molar-refractivity contribution is 6.06. The molecule has 4 nitrogen and oxygen atoms in total. The van der Waals surface area contributed by atoms with Gasteiger partial charge in [-0.1, -0.05) is 133 Å². The summed E-state index contributed by atoms with van der Waals surface area (Å²) >= 11 is 0. The Morgan fingerprint density at radius 1 is 0.319 bits per heavy atom. The minimum atomic E-state index is 0.622. The van der Waals surface area contributed by atoms with Gasteiger partial charge in [-0.25, -0.2) is 15.0 Å². The first kappa shape index (κ1) is 27.0. The molecule has 0 unspecified atom stereocenters. The van der Waals surface area contributed by atoms with Gasteiger partial charge in [-0.2, -0.15) is 0 Å². The summed E-state index contributed by atoms with van der Waals surface area (Å²) in [6.07, 6.45) is 0. The molecule has 0 bridgehead atoms. The van der Waals surface area contributed by atoms with E-state index < -0.39 is 0 Å². The van der Waals surface area contributed by atoms with Gasteiger partial charge in [0.2, 0.25) is 0 Å². The first-order chi connectivity index (χ1) is 23.3. The number of fused-ring (bicyclic) bond motifs is 4. The average Bonchev–Trinajstić information content (AvgIpc) is 3.53. The highest BCUT2D eigenvalue weighted by atomic mass is 16.3. The van der Waals surface area contributed by atoms with E-state index in [0.29, 0.717) is 17.5 Å². The van der Waals surface area contributed by atoms with Crippen LogP contribution in [0.4, 0.5) is 0 Å². The molecule has 0 radical (unpaired) electrons. The third kappa shape index (κ3) is 4.93. The lowest BCUT2D eigenvalue weighted by Crippen LogP contribution is -2.00. The molecule has 0 aliphatic heterocycles. The number of rotatable bonds is 5. The number of hydrogen-bond acceptors (Lipinski definition) is 4. The summed E-state index contributed by atoms with van der Waals surface area (Å²) in [7, 11) is 0. The largest absolute Gasteiger partial charge is 0.456 e. The second-order valence-electron chi connectivity index (χ2n) is 11.7. The van der Waals surface area contributed by atoms with Crippen LogP contribution in [-0.2, 0) is 0 Å². The maximum absolute atomic E-state index is 6.20. The SMILES string of the molecule is c1ccc(-c2ccc3cccc(-c4nc(-c5ccccc5)nc(-c5cccc(-c6ccc7c(c6)oc6ccccc67)c5)n4)c3c2)cc1. The molecule has 7 aromatic carbocycles. The van der Waals surface area contributed by atoms with E-state index in [4.69, 9.17) is 19.4 Å². The molecule has 0 atom stereocenters. The smallest absolute Gasteiger partial charge is 0.164 e. The first-order valence-corrected chi connectivity index (χ1v) is 15.7. The zero-order chi connectivity index (χ0) is 31.2. The zero-order valence-electron chi connectivity index (χ0n) is 25.3. The van der Waals surface area contributed by atoms with Gasteiger partial charge in [-0.15, -0.1) is 0 Å². The number of hydrogen-bond donors (Lipinski definition) is 0. The third-order valence-corrected chi connectivity index (χ3v) is 8.73. The van der Waals surface area contributed by atoms with E-state index in [1.54, 1.807) is 0 Å². The molecule has 4 heteroatoms. The first-order valence-electron chi connectivity index (χ1n) is 15.7. The molecular weight excluding hydrogens is 574 g/mol. The molecule has 2 aromatic heterocycles. The van der Waals surface area contributed by atoms with Crippen molar-refractivity contribution in [3.8, 4) is 56.4 Å². The Hall–Kier alpha value is -6.39. The zero-order valence-corrected chi connectivity index (χ0v) is 25.3. The molecule has 0 aliphatic rings. The predicted molar refractivity (Wildman–Crippen MR) is 192 cm³/mol. The van der Waals surface area contributed by atoms with E-state index in [-0.39, 0.29) is 0 Å². The fourth-order valence-corrected chi connectivity index (χ4v) is 6.36. The molecule has 0 aliphatic carbocycles. The van der Waals surface area contributed by atoms with Gasteiger partial charge in [0.25, 0.3) is 0 Å². The lowest BCUT2D eigenvalue weighted by atomic mass is 9.98. The van der Waals surface area contributed by atoms with Crippen molar-refractivity contribution in [2.45, 2.75) is 0 Å². The Balaban J connectivity index is 1.20. The van der Waals surface area contributed by atoms with Gasteiger partial charge in [0, 0.05) is 27.5 Å². The molecule has 0 fully saturated rings. The minimum Gasteiger partial charge on any atom is -0.456 e. The van der Waals surface area contributed by atoms with Gasteiger partial charge in [-0.05, 0) is 63.4 Å². The Bertz CT molecular complexity index is 2570. The van der Waals surface area contributed by atoms with E-state index in [0.717, 1.165) is 66.1 Å². The van der Waals surface area contributed by atoms with E-state index in [1.807, 2.05) is 54.6 Å². The van der Waals surface area contributed by atoms with E-state index >= 15 is 0 Å². The van der Waals surface area contributed by atoms with E-state index in [2.05, 4.69) is 109 Å². The third-order valence-electron chi connectivity index (χ3n) is 8.73. The van der Waals surface area contributed by atoms with E-state index in [9.17, 15) is 0 Å². The van der Waals surface area contributed by atoms with Crippen molar-refractivity contribution in [2.75, 3.05) is 0 Å². The van der Waals surface area contributed by atoms with Crippen molar-refractivity contribution in [1.29, 1.82) is 0 Å². The summed E-state index contributed by atoms with van der Waals surface area (Å²) in [6, 6.07) is 56.4. The van der Waals surface area contributed by atoms with Crippen LogP contribution in [-0.4, -0.2) is 15.0 Å². The topological polar surface area (TPSA) is 51.8 Å². The maximum atomic E-state index is 6.20. The number of aromatic nitrogens is 3. The van der Waals surface area contributed by atoms with Crippen LogP contribution in [0.25, 0.3) is 89.1 Å². The summed E-state index contributed by atoms with van der Waals surface area (Å²) in [4.78, 5) is 15.2. The Morgan fingerprint density at radius 3 is 1.77 bits per heavy atom. The van der Waals surface area contributed by atoms with Gasteiger partial charge in [0.1, 0.15) is 11.2 Å². The molecule has 9 aromatic rings. The predicted octanol–water partition coefficient (Wildman–Crippen LogP) is 11.3. The van der Waals surface area contributed by atoms with Crippen LogP contribution in [0.1, 0.15) is 0 Å². The molecule has 0 saturated carbocycles. The minimum absolute atomic E-state index is 0.622. The fraction of sp³-hybridized carbons (Fsp3) is 0. The highest BCUT2D eigenvalue weighted by Gasteiger charge is 2.16. The molecule has 2 heterocycles. The van der Waals surface area contributed by atoms with Gasteiger partial charge in [0.15, 0.2) is 17.5 Å².